The highest BCUT2D eigenvalue weighted by Crippen LogP contribution is 2.45. The van der Waals surface area contributed by atoms with E-state index in [0.717, 1.165) is 102 Å². The molecule has 3 unspecified atom stereocenters. The molecule has 0 fully saturated rings. The van der Waals surface area contributed by atoms with Crippen molar-refractivity contribution in [3.05, 3.63) is 0 Å². The first kappa shape index (κ1) is 93.1. The molecule has 0 saturated heterocycles. The molecule has 0 heterocycles. The number of hydrogen-bond acceptors (Lipinski definition) is 15. The van der Waals surface area contributed by atoms with Crippen LogP contribution in [0.1, 0.15) is 395 Å². The molecule has 95 heavy (non-hydrogen) atoms. The fourth-order valence-electron chi connectivity index (χ4n) is 11.6. The summed E-state index contributed by atoms with van der Waals surface area (Å²) in [5.74, 6) is -0.532. The lowest BCUT2D eigenvalue weighted by Gasteiger charge is -2.21. The van der Waals surface area contributed by atoms with Crippen molar-refractivity contribution in [2.75, 3.05) is 39.6 Å². The van der Waals surface area contributed by atoms with Gasteiger partial charge in [-0.15, -0.1) is 0 Å². The third-order valence-corrected chi connectivity index (χ3v) is 20.0. The van der Waals surface area contributed by atoms with Gasteiger partial charge in [-0.2, -0.15) is 0 Å². The lowest BCUT2D eigenvalue weighted by molar-refractivity contribution is -0.161. The molecular formula is C76H148O17P2. The van der Waals surface area contributed by atoms with Gasteiger partial charge in [-0.25, -0.2) is 9.13 Å². The summed E-state index contributed by atoms with van der Waals surface area (Å²) in [6.45, 7) is 9.63. The van der Waals surface area contributed by atoms with Crippen molar-refractivity contribution >= 4 is 39.5 Å². The number of carbonyl (C=O) groups is 4. The molecular weight excluding hydrogens is 1250 g/mol. The minimum absolute atomic E-state index is 0.106. The zero-order chi connectivity index (χ0) is 70.0. The highest BCUT2D eigenvalue weighted by Gasteiger charge is 2.30. The summed E-state index contributed by atoms with van der Waals surface area (Å²) in [5, 5.41) is 10.6. The van der Waals surface area contributed by atoms with E-state index in [9.17, 15) is 43.2 Å². The predicted octanol–water partition coefficient (Wildman–Crippen LogP) is 22.3. The van der Waals surface area contributed by atoms with E-state index in [2.05, 4.69) is 41.5 Å². The lowest BCUT2D eigenvalue weighted by atomic mass is 9.99. The molecule has 0 saturated carbocycles. The molecule has 0 aromatic rings. The average Bonchev–Trinajstić information content (AvgIpc) is 3.04. The third kappa shape index (κ3) is 69.0. The van der Waals surface area contributed by atoms with Crippen LogP contribution in [0.15, 0.2) is 0 Å². The van der Waals surface area contributed by atoms with Crippen molar-refractivity contribution in [2.45, 2.75) is 413 Å². The van der Waals surface area contributed by atoms with Gasteiger partial charge in [0.2, 0.25) is 0 Å². The van der Waals surface area contributed by atoms with Crippen molar-refractivity contribution in [1.82, 2.24) is 0 Å². The van der Waals surface area contributed by atoms with E-state index in [1.165, 1.54) is 212 Å². The molecule has 0 amide bonds. The first-order chi connectivity index (χ1) is 45.9. The van der Waals surface area contributed by atoms with Crippen LogP contribution >= 0.6 is 15.6 Å². The first-order valence-corrected chi connectivity index (χ1v) is 42.5. The van der Waals surface area contributed by atoms with Gasteiger partial charge in [0, 0.05) is 25.7 Å². The molecule has 0 spiro atoms. The van der Waals surface area contributed by atoms with Crippen molar-refractivity contribution in [3.63, 3.8) is 0 Å². The minimum atomic E-state index is -4.96. The van der Waals surface area contributed by atoms with Crippen LogP contribution in [-0.4, -0.2) is 96.7 Å². The van der Waals surface area contributed by atoms with Crippen LogP contribution in [0, 0.1) is 11.8 Å². The van der Waals surface area contributed by atoms with Gasteiger partial charge in [0.1, 0.15) is 19.3 Å². The Morgan fingerprint density at radius 3 is 0.800 bits per heavy atom. The molecule has 0 bridgehead atoms. The normalized spacial score (nSPS) is 14.3. The number of phosphoric acid groups is 2. The highest BCUT2D eigenvalue weighted by atomic mass is 31.2. The second-order valence-electron chi connectivity index (χ2n) is 28.1. The maximum atomic E-state index is 13.1. The molecule has 0 rings (SSSR count). The molecule has 6 atom stereocenters. The van der Waals surface area contributed by atoms with E-state index < -0.39 is 97.5 Å². The molecule has 0 radical (unpaired) electrons. The van der Waals surface area contributed by atoms with Crippen molar-refractivity contribution in [2.24, 2.45) is 11.8 Å². The first-order valence-electron chi connectivity index (χ1n) is 39.5. The number of rotatable bonds is 75. The highest BCUT2D eigenvalue weighted by molar-refractivity contribution is 7.47. The van der Waals surface area contributed by atoms with Crippen LogP contribution in [0.5, 0.6) is 0 Å². The van der Waals surface area contributed by atoms with Crippen molar-refractivity contribution in [3.8, 4) is 0 Å². The van der Waals surface area contributed by atoms with E-state index >= 15 is 0 Å². The average molecular weight is 1400 g/mol. The Bertz CT molecular complexity index is 1840. The molecule has 0 aromatic heterocycles. The van der Waals surface area contributed by atoms with E-state index in [-0.39, 0.29) is 25.7 Å². The quantitative estimate of drug-likeness (QED) is 0.0222. The van der Waals surface area contributed by atoms with Crippen LogP contribution < -0.4 is 0 Å². The Hall–Kier alpha value is -1.94. The summed E-state index contributed by atoms with van der Waals surface area (Å²) in [5.41, 5.74) is 0. The summed E-state index contributed by atoms with van der Waals surface area (Å²) in [6, 6.07) is 0. The van der Waals surface area contributed by atoms with E-state index in [0.29, 0.717) is 25.7 Å². The van der Waals surface area contributed by atoms with Gasteiger partial charge in [0.05, 0.1) is 26.4 Å². The fraction of sp³-hybridized carbons (Fsp3) is 0.947. The zero-order valence-electron chi connectivity index (χ0n) is 62.0. The Morgan fingerprint density at radius 1 is 0.305 bits per heavy atom. The van der Waals surface area contributed by atoms with Crippen LogP contribution in [0.4, 0.5) is 0 Å². The SMILES string of the molecule is CCCCCCCCCCCCCCCCC(=O)OC[C@H](COP(=O)(O)OC[C@@H](O)COP(=O)(O)OC[C@@H](COC(=O)CCCCCCCCCCCCC)OC(=O)CCCCCCCCCCCC(C)C)OC(=O)CCCCCCCCCCCCCCCCC(C)CC. The molecule has 19 heteroatoms. The van der Waals surface area contributed by atoms with Gasteiger partial charge >= 0.3 is 39.5 Å². The number of aliphatic hydroxyl groups is 1. The Kier molecular flexibility index (Phi) is 66.5. The predicted molar refractivity (Wildman–Crippen MR) is 386 cm³/mol. The second kappa shape index (κ2) is 67.9. The summed E-state index contributed by atoms with van der Waals surface area (Å²) in [4.78, 5) is 72.8. The number of unbranched alkanes of at least 4 members (excludes halogenated alkanes) is 44. The van der Waals surface area contributed by atoms with Gasteiger partial charge in [0.25, 0.3) is 0 Å². The number of hydrogen-bond donors (Lipinski definition) is 3. The third-order valence-electron chi connectivity index (χ3n) is 18.1. The number of phosphoric ester groups is 2. The van der Waals surface area contributed by atoms with Gasteiger partial charge in [0.15, 0.2) is 12.2 Å². The Morgan fingerprint density at radius 2 is 0.537 bits per heavy atom. The maximum absolute atomic E-state index is 13.1. The van der Waals surface area contributed by atoms with Crippen LogP contribution in [0.3, 0.4) is 0 Å². The number of aliphatic hydroxyl groups excluding tert-OH is 1. The standard InChI is InChI=1S/C76H148O17P2/c1-7-10-12-14-16-18-20-21-25-29-35-41-47-53-59-74(79)87-64-71(92-75(80)60-54-48-42-36-30-26-23-22-24-28-33-39-45-51-57-69(6)9-3)66-90-94(82,83)88-62-70(77)63-89-95(84,85)91-67-72(65-86-73(78)58-52-46-40-34-27-19-17-15-13-11-8-2)93-76(81)61-55-49-43-37-31-32-38-44-50-56-68(4)5/h68-72,77H,7-67H2,1-6H3,(H,82,83)(H,84,85)/t69?,70-,71-,72-/m1/s1. The maximum Gasteiger partial charge on any atom is 0.472 e. The van der Waals surface area contributed by atoms with Gasteiger partial charge in [-0.3, -0.25) is 37.3 Å². The molecule has 0 aliphatic heterocycles. The Labute approximate surface area is 581 Å². The molecule has 17 nitrogen and oxygen atoms in total. The van der Waals surface area contributed by atoms with Crippen LogP contribution in [0.2, 0.25) is 0 Å². The molecule has 3 N–H and O–H groups in total. The van der Waals surface area contributed by atoms with Crippen molar-refractivity contribution in [1.29, 1.82) is 0 Å². The number of ether oxygens (including phenoxy) is 4. The van der Waals surface area contributed by atoms with Crippen LogP contribution in [0.25, 0.3) is 0 Å². The largest absolute Gasteiger partial charge is 0.472 e. The second-order valence-corrected chi connectivity index (χ2v) is 31.0. The molecule has 0 aliphatic rings. The van der Waals surface area contributed by atoms with Crippen LogP contribution in [-0.2, 0) is 65.4 Å². The topological polar surface area (TPSA) is 237 Å². The summed E-state index contributed by atoms with van der Waals surface area (Å²) in [7, 11) is -9.91. The van der Waals surface area contributed by atoms with E-state index in [1.54, 1.807) is 0 Å². The minimum Gasteiger partial charge on any atom is -0.462 e. The molecule has 0 aliphatic carbocycles. The van der Waals surface area contributed by atoms with Gasteiger partial charge in [-0.05, 0) is 37.5 Å². The summed E-state index contributed by atoms with van der Waals surface area (Å²) < 4.78 is 68.5. The zero-order valence-corrected chi connectivity index (χ0v) is 63.8. The molecule has 564 valence electrons. The lowest BCUT2D eigenvalue weighted by Crippen LogP contribution is -2.30. The van der Waals surface area contributed by atoms with E-state index in [4.69, 9.17) is 37.0 Å². The monoisotopic (exact) mass is 1400 g/mol. The summed E-state index contributed by atoms with van der Waals surface area (Å²) >= 11 is 0. The van der Waals surface area contributed by atoms with Gasteiger partial charge < -0.3 is 33.8 Å². The summed E-state index contributed by atoms with van der Waals surface area (Å²) in [6.07, 6.45) is 55.3. The number of esters is 4. The number of carbonyl (C=O) groups excluding carboxylic acids is 4. The Balaban J connectivity index is 5.25. The smallest absolute Gasteiger partial charge is 0.462 e. The van der Waals surface area contributed by atoms with E-state index in [1.807, 2.05) is 0 Å². The molecule has 0 aromatic carbocycles. The van der Waals surface area contributed by atoms with Crippen molar-refractivity contribution < 1.29 is 80.2 Å². The fourth-order valence-corrected chi connectivity index (χ4v) is 13.2. The van der Waals surface area contributed by atoms with Gasteiger partial charge in [-0.1, -0.05) is 343 Å².